The van der Waals surface area contributed by atoms with Gasteiger partial charge in [-0.15, -0.1) is 24.2 Å². The van der Waals surface area contributed by atoms with E-state index in [1.54, 1.807) is 0 Å². The molecular weight excluding hydrogens is 202 g/mol. The lowest BCUT2D eigenvalue weighted by atomic mass is 9.86. The summed E-state index contributed by atoms with van der Waals surface area (Å²) in [7, 11) is 2.00. The van der Waals surface area contributed by atoms with Crippen LogP contribution in [-0.2, 0) is 0 Å². The second-order valence-corrected chi connectivity index (χ2v) is 6.82. The van der Waals surface area contributed by atoms with Crippen LogP contribution in [-0.4, -0.2) is 17.7 Å². The fraction of sp³-hybridized carbons (Fsp3) is 1.00. The van der Waals surface area contributed by atoms with Crippen LogP contribution in [0.25, 0.3) is 0 Å². The molecule has 0 saturated heterocycles. The van der Waals surface area contributed by atoms with Crippen LogP contribution in [0, 0.1) is 5.41 Å². The molecule has 0 aliphatic carbocycles. The highest BCUT2D eigenvalue weighted by Gasteiger charge is 2.25. The minimum Gasteiger partial charge on any atom is -0.311 e. The zero-order valence-corrected chi connectivity index (χ0v) is 11.4. The summed E-state index contributed by atoms with van der Waals surface area (Å²) in [5, 5.41) is 3.17. The van der Waals surface area contributed by atoms with E-state index in [1.807, 2.05) is 18.8 Å². The fourth-order valence-electron chi connectivity index (χ4n) is 1.60. The first-order valence-electron chi connectivity index (χ1n) is 4.55. The maximum atomic E-state index is 3.17. The zero-order chi connectivity index (χ0) is 9.83. The Bertz CT molecular complexity index is 129. The summed E-state index contributed by atoms with van der Waals surface area (Å²) in [6.07, 6.45) is 1.26. The number of hydrogen-bond acceptors (Lipinski definition) is 2. The summed E-state index contributed by atoms with van der Waals surface area (Å²) in [4.78, 5) is 0. The highest BCUT2D eigenvalue weighted by Crippen LogP contribution is 2.35. The molecule has 1 N–H and O–H groups in total. The molecule has 0 aromatic heterocycles. The predicted molar refractivity (Wildman–Crippen MR) is 66.9 cm³/mol. The van der Waals surface area contributed by atoms with Gasteiger partial charge in [0.15, 0.2) is 0 Å². The molecule has 0 aliphatic rings. The lowest BCUT2D eigenvalue weighted by Crippen LogP contribution is -2.25. The molecule has 0 unspecified atom stereocenters. The molecule has 0 rings (SSSR count). The van der Waals surface area contributed by atoms with Crippen molar-refractivity contribution in [1.82, 2.24) is 5.32 Å². The summed E-state index contributed by atoms with van der Waals surface area (Å²) in [6.45, 7) is 11.5. The highest BCUT2D eigenvalue weighted by molar-refractivity contribution is 8.00. The summed E-state index contributed by atoms with van der Waals surface area (Å²) in [5.74, 6) is 1.04. The van der Waals surface area contributed by atoms with Crippen molar-refractivity contribution < 1.29 is 0 Å². The van der Waals surface area contributed by atoms with Gasteiger partial charge in [-0.2, -0.15) is 0 Å². The molecule has 0 heterocycles. The lowest BCUT2D eigenvalue weighted by molar-refractivity contribution is 0.339. The van der Waals surface area contributed by atoms with E-state index in [4.69, 9.17) is 0 Å². The standard InChI is InChI=1S/C10H23NS.ClH/c1-9(2,3)7-10(4,5)12-8-11-6;/h11H,7-8H2,1-6H3;1H. The third-order valence-electron chi connectivity index (χ3n) is 1.56. The van der Waals surface area contributed by atoms with Gasteiger partial charge in [0, 0.05) is 10.6 Å². The second-order valence-electron chi connectivity index (χ2n) is 5.14. The van der Waals surface area contributed by atoms with Crippen molar-refractivity contribution in [3.63, 3.8) is 0 Å². The molecule has 82 valence electrons. The number of thioether (sulfide) groups is 1. The molecule has 0 aromatic carbocycles. The van der Waals surface area contributed by atoms with Crippen LogP contribution in [0.3, 0.4) is 0 Å². The molecule has 0 bridgehead atoms. The van der Waals surface area contributed by atoms with Gasteiger partial charge in [-0.05, 0) is 18.9 Å². The Morgan fingerprint density at radius 2 is 1.54 bits per heavy atom. The third kappa shape index (κ3) is 10.5. The first-order chi connectivity index (χ1) is 5.27. The zero-order valence-electron chi connectivity index (χ0n) is 9.73. The Labute approximate surface area is 93.8 Å². The van der Waals surface area contributed by atoms with E-state index in [9.17, 15) is 0 Å². The largest absolute Gasteiger partial charge is 0.311 e. The predicted octanol–water partition coefficient (Wildman–Crippen LogP) is 3.53. The average Bonchev–Trinajstić information content (AvgIpc) is 1.78. The molecule has 0 aliphatic heterocycles. The van der Waals surface area contributed by atoms with Crippen molar-refractivity contribution in [2.24, 2.45) is 5.41 Å². The average molecular weight is 226 g/mol. The van der Waals surface area contributed by atoms with Crippen molar-refractivity contribution in [3.05, 3.63) is 0 Å². The van der Waals surface area contributed by atoms with E-state index < -0.39 is 0 Å². The van der Waals surface area contributed by atoms with Crippen LogP contribution in [0.2, 0.25) is 0 Å². The maximum absolute atomic E-state index is 3.17. The van der Waals surface area contributed by atoms with Crippen LogP contribution in [0.15, 0.2) is 0 Å². The van der Waals surface area contributed by atoms with Crippen LogP contribution in [0.5, 0.6) is 0 Å². The molecule has 13 heavy (non-hydrogen) atoms. The number of halogens is 1. The van der Waals surface area contributed by atoms with Crippen molar-refractivity contribution in [1.29, 1.82) is 0 Å². The van der Waals surface area contributed by atoms with E-state index >= 15 is 0 Å². The Hall–Kier alpha value is 0.600. The number of nitrogens with one attached hydrogen (secondary N) is 1. The van der Waals surface area contributed by atoms with Gasteiger partial charge in [-0.3, -0.25) is 0 Å². The Morgan fingerprint density at radius 1 is 1.08 bits per heavy atom. The molecule has 0 amide bonds. The van der Waals surface area contributed by atoms with E-state index in [1.165, 1.54) is 6.42 Å². The molecule has 0 spiro atoms. The second kappa shape index (κ2) is 6.15. The van der Waals surface area contributed by atoms with Gasteiger partial charge in [-0.25, -0.2) is 0 Å². The maximum Gasteiger partial charge on any atom is 0.0420 e. The van der Waals surface area contributed by atoms with Crippen molar-refractivity contribution in [2.45, 2.75) is 45.8 Å². The van der Waals surface area contributed by atoms with Crippen LogP contribution < -0.4 is 5.32 Å². The van der Waals surface area contributed by atoms with Crippen molar-refractivity contribution in [2.75, 3.05) is 12.9 Å². The first kappa shape index (κ1) is 16.0. The minimum absolute atomic E-state index is 0. The molecule has 0 fully saturated rings. The Balaban J connectivity index is 0. The summed E-state index contributed by atoms with van der Waals surface area (Å²) >= 11 is 1.99. The molecule has 0 saturated carbocycles. The third-order valence-corrected chi connectivity index (χ3v) is 2.92. The van der Waals surface area contributed by atoms with Crippen LogP contribution in [0.4, 0.5) is 0 Å². The first-order valence-corrected chi connectivity index (χ1v) is 5.54. The number of hydrogen-bond donors (Lipinski definition) is 1. The molecule has 1 nitrogen and oxygen atoms in total. The molecular formula is C10H24ClNS. The topological polar surface area (TPSA) is 12.0 Å². The van der Waals surface area contributed by atoms with Gasteiger partial charge >= 0.3 is 0 Å². The Morgan fingerprint density at radius 3 is 1.85 bits per heavy atom. The fourth-order valence-corrected chi connectivity index (χ4v) is 2.67. The van der Waals surface area contributed by atoms with Gasteiger partial charge in [0.2, 0.25) is 0 Å². The summed E-state index contributed by atoms with van der Waals surface area (Å²) < 4.78 is 0.390. The van der Waals surface area contributed by atoms with Crippen molar-refractivity contribution >= 4 is 24.2 Å². The molecule has 0 radical (unpaired) electrons. The van der Waals surface area contributed by atoms with E-state index in [0.29, 0.717) is 10.2 Å². The SMILES string of the molecule is CNCSC(C)(C)CC(C)(C)C.Cl. The molecule has 3 heteroatoms. The monoisotopic (exact) mass is 225 g/mol. The van der Waals surface area contributed by atoms with Crippen LogP contribution in [0.1, 0.15) is 41.0 Å². The summed E-state index contributed by atoms with van der Waals surface area (Å²) in [5.41, 5.74) is 0.435. The van der Waals surface area contributed by atoms with Gasteiger partial charge < -0.3 is 5.32 Å². The van der Waals surface area contributed by atoms with Gasteiger partial charge in [0.25, 0.3) is 0 Å². The van der Waals surface area contributed by atoms with E-state index in [2.05, 4.69) is 39.9 Å². The van der Waals surface area contributed by atoms with Gasteiger partial charge in [0.05, 0.1) is 0 Å². The lowest BCUT2D eigenvalue weighted by Gasteiger charge is -2.31. The molecule has 0 atom stereocenters. The van der Waals surface area contributed by atoms with Gasteiger partial charge in [-0.1, -0.05) is 34.6 Å². The quantitative estimate of drug-likeness (QED) is 0.735. The molecule has 0 aromatic rings. The normalized spacial score (nSPS) is 12.5. The highest BCUT2D eigenvalue weighted by atomic mass is 35.5. The van der Waals surface area contributed by atoms with E-state index in [0.717, 1.165) is 5.88 Å². The number of rotatable bonds is 4. The van der Waals surface area contributed by atoms with E-state index in [-0.39, 0.29) is 12.4 Å². The Kier molecular flexibility index (Phi) is 7.59. The minimum atomic E-state index is 0. The smallest absolute Gasteiger partial charge is 0.0420 e. The van der Waals surface area contributed by atoms with Gasteiger partial charge in [0.1, 0.15) is 0 Å². The van der Waals surface area contributed by atoms with Crippen LogP contribution >= 0.6 is 24.2 Å². The summed E-state index contributed by atoms with van der Waals surface area (Å²) in [6, 6.07) is 0. The van der Waals surface area contributed by atoms with Crippen molar-refractivity contribution in [3.8, 4) is 0 Å².